The third-order valence-electron chi connectivity index (χ3n) is 5.41. The zero-order chi connectivity index (χ0) is 22.7. The van der Waals surface area contributed by atoms with Gasteiger partial charge in [-0.25, -0.2) is 4.79 Å². The Bertz CT molecular complexity index is 1240. The van der Waals surface area contributed by atoms with E-state index in [4.69, 9.17) is 4.74 Å². The first-order chi connectivity index (χ1) is 15.4. The molecule has 0 aliphatic rings. The van der Waals surface area contributed by atoms with Gasteiger partial charge in [0.05, 0.1) is 21.2 Å². The predicted octanol–water partition coefficient (Wildman–Crippen LogP) is 6.01. The van der Waals surface area contributed by atoms with E-state index in [9.17, 15) is 9.59 Å². The summed E-state index contributed by atoms with van der Waals surface area (Å²) < 4.78 is 6.51. The van der Waals surface area contributed by atoms with Crippen LogP contribution in [-0.2, 0) is 16.1 Å². The molecule has 1 atom stereocenters. The monoisotopic (exact) mass is 444 g/mol. The summed E-state index contributed by atoms with van der Waals surface area (Å²) in [6.07, 6.45) is 3.54. The van der Waals surface area contributed by atoms with Crippen molar-refractivity contribution in [3.8, 4) is 0 Å². The lowest BCUT2D eigenvalue weighted by Crippen LogP contribution is -2.18. The number of ether oxygens (including phenoxy) is 1. The number of amides is 1. The summed E-state index contributed by atoms with van der Waals surface area (Å²) in [7, 11) is 0. The van der Waals surface area contributed by atoms with Gasteiger partial charge < -0.3 is 10.1 Å². The first kappa shape index (κ1) is 21.7. The molecule has 0 aliphatic heterocycles. The lowest BCUT2D eigenvalue weighted by molar-refractivity contribution is -0.117. The van der Waals surface area contributed by atoms with Gasteiger partial charge in [-0.1, -0.05) is 42.0 Å². The first-order valence-electron chi connectivity index (χ1n) is 10.4. The van der Waals surface area contributed by atoms with Crippen molar-refractivity contribution in [2.75, 3.05) is 5.32 Å². The normalized spacial score (nSPS) is 11.8. The minimum atomic E-state index is -0.335. The fourth-order valence-corrected chi connectivity index (χ4v) is 4.43. The number of carbonyl (C=O) groups excluding carboxylic acids is 2. The number of rotatable bonds is 6. The van der Waals surface area contributed by atoms with Crippen molar-refractivity contribution >= 4 is 38.3 Å². The number of esters is 1. The molecule has 0 aliphatic carbocycles. The molecule has 0 saturated heterocycles. The fourth-order valence-electron chi connectivity index (χ4n) is 3.50. The molecule has 0 saturated carbocycles. The minimum absolute atomic E-state index is 0.0708. The van der Waals surface area contributed by atoms with E-state index in [2.05, 4.69) is 10.3 Å². The van der Waals surface area contributed by atoms with E-state index in [1.165, 1.54) is 11.3 Å². The summed E-state index contributed by atoms with van der Waals surface area (Å²) in [4.78, 5) is 29.2. The van der Waals surface area contributed by atoms with Gasteiger partial charge in [-0.2, -0.15) is 0 Å². The Kier molecular flexibility index (Phi) is 6.32. The number of nitrogens with zero attached hydrogens (tertiary/aromatic N) is 1. The molecular formula is C26H24N2O3S. The number of nitrogens with one attached hydrogen (secondary N) is 1. The van der Waals surface area contributed by atoms with Crippen LogP contribution in [0.3, 0.4) is 0 Å². The van der Waals surface area contributed by atoms with Crippen LogP contribution in [0.25, 0.3) is 10.1 Å². The molecule has 162 valence electrons. The maximum Gasteiger partial charge on any atom is 0.338 e. The molecule has 5 nitrogen and oxygen atoms in total. The average molecular weight is 445 g/mol. The lowest BCUT2D eigenvalue weighted by Gasteiger charge is -2.13. The maximum atomic E-state index is 12.7. The van der Waals surface area contributed by atoms with Crippen LogP contribution in [0.5, 0.6) is 0 Å². The molecule has 2 aromatic heterocycles. The lowest BCUT2D eigenvalue weighted by atomic mass is 9.99. The van der Waals surface area contributed by atoms with Gasteiger partial charge in [-0.3, -0.25) is 9.78 Å². The first-order valence-corrected chi connectivity index (χ1v) is 11.2. The summed E-state index contributed by atoms with van der Waals surface area (Å²) >= 11 is 1.51. The van der Waals surface area contributed by atoms with Gasteiger partial charge in [0, 0.05) is 12.4 Å². The quantitative estimate of drug-likeness (QED) is 0.370. The Morgan fingerprint density at radius 1 is 1.06 bits per heavy atom. The predicted molar refractivity (Wildman–Crippen MR) is 128 cm³/mol. The summed E-state index contributed by atoms with van der Waals surface area (Å²) in [5.41, 5.74) is 4.36. The van der Waals surface area contributed by atoms with Gasteiger partial charge in [0.25, 0.3) is 0 Å². The van der Waals surface area contributed by atoms with Crippen LogP contribution < -0.4 is 5.32 Å². The highest BCUT2D eigenvalue weighted by atomic mass is 32.1. The van der Waals surface area contributed by atoms with E-state index in [0.717, 1.165) is 37.3 Å². The van der Waals surface area contributed by atoms with Gasteiger partial charge in [0.2, 0.25) is 5.91 Å². The van der Waals surface area contributed by atoms with E-state index in [1.807, 2.05) is 69.3 Å². The van der Waals surface area contributed by atoms with Gasteiger partial charge >= 0.3 is 5.97 Å². The van der Waals surface area contributed by atoms with Crippen LogP contribution in [0.2, 0.25) is 0 Å². The highest BCUT2D eigenvalue weighted by Crippen LogP contribution is 2.30. The standard InChI is InChI=1S/C26H24N2O3S/c1-16-4-9-22(17(2)12-16)26(30)31-15-19-5-7-20(8-6-19)18(3)25(29)28-24-13-21-10-11-27-14-23(21)32-24/h4-14,18H,15H2,1-3H3,(H,28,29)/t18-/m1/s1. The molecule has 0 bridgehead atoms. The van der Waals surface area contributed by atoms with Crippen LogP contribution >= 0.6 is 11.3 Å². The zero-order valence-electron chi connectivity index (χ0n) is 18.2. The van der Waals surface area contributed by atoms with Gasteiger partial charge in [-0.15, -0.1) is 11.3 Å². The SMILES string of the molecule is Cc1ccc(C(=O)OCc2ccc([C@@H](C)C(=O)Nc3cc4ccncc4s3)cc2)c(C)c1. The highest BCUT2D eigenvalue weighted by Gasteiger charge is 2.17. The Hall–Kier alpha value is -3.51. The van der Waals surface area contributed by atoms with Crippen molar-refractivity contribution in [2.24, 2.45) is 0 Å². The molecule has 6 heteroatoms. The van der Waals surface area contributed by atoms with Crippen LogP contribution in [0.1, 0.15) is 45.5 Å². The Morgan fingerprint density at radius 2 is 1.84 bits per heavy atom. The molecule has 4 rings (SSSR count). The number of fused-ring (bicyclic) bond motifs is 1. The smallest absolute Gasteiger partial charge is 0.338 e. The Labute approximate surface area is 191 Å². The topological polar surface area (TPSA) is 68.3 Å². The van der Waals surface area contributed by atoms with E-state index < -0.39 is 0 Å². The number of pyridine rings is 1. The minimum Gasteiger partial charge on any atom is -0.457 e. The summed E-state index contributed by atoms with van der Waals surface area (Å²) in [5.74, 6) is -0.721. The second-order valence-corrected chi connectivity index (χ2v) is 8.95. The zero-order valence-corrected chi connectivity index (χ0v) is 19.0. The molecule has 0 unspecified atom stereocenters. The van der Waals surface area contributed by atoms with Crippen molar-refractivity contribution < 1.29 is 14.3 Å². The van der Waals surface area contributed by atoms with E-state index in [-0.39, 0.29) is 24.4 Å². The van der Waals surface area contributed by atoms with Gasteiger partial charge in [-0.05, 0) is 61.0 Å². The summed E-state index contributed by atoms with van der Waals surface area (Å²) in [5, 5.41) is 4.86. The van der Waals surface area contributed by atoms with Crippen LogP contribution in [0.15, 0.2) is 67.0 Å². The van der Waals surface area contributed by atoms with E-state index in [0.29, 0.717) is 5.56 Å². The van der Waals surface area contributed by atoms with Crippen LogP contribution in [0, 0.1) is 13.8 Å². The molecule has 1 N–H and O–H groups in total. The van der Waals surface area contributed by atoms with Crippen molar-refractivity contribution in [2.45, 2.75) is 33.3 Å². The van der Waals surface area contributed by atoms with Crippen molar-refractivity contribution in [1.29, 1.82) is 0 Å². The molecule has 32 heavy (non-hydrogen) atoms. The number of benzene rings is 2. The average Bonchev–Trinajstić information content (AvgIpc) is 3.19. The third-order valence-corrected chi connectivity index (χ3v) is 6.41. The Balaban J connectivity index is 1.35. The van der Waals surface area contributed by atoms with Crippen molar-refractivity contribution in [3.05, 3.63) is 94.8 Å². The molecule has 0 fully saturated rings. The number of aromatic nitrogens is 1. The molecular weight excluding hydrogens is 420 g/mol. The van der Waals surface area contributed by atoms with Gasteiger partial charge in [0.15, 0.2) is 0 Å². The number of thiophene rings is 1. The molecule has 0 spiro atoms. The number of carbonyl (C=O) groups is 2. The number of hydrogen-bond donors (Lipinski definition) is 1. The molecule has 4 aromatic rings. The molecule has 2 aromatic carbocycles. The number of hydrogen-bond acceptors (Lipinski definition) is 5. The fraction of sp³-hybridized carbons (Fsp3) is 0.192. The summed E-state index contributed by atoms with van der Waals surface area (Å²) in [6.45, 7) is 5.95. The molecule has 2 heterocycles. The number of anilines is 1. The van der Waals surface area contributed by atoms with Gasteiger partial charge in [0.1, 0.15) is 6.61 Å². The van der Waals surface area contributed by atoms with E-state index >= 15 is 0 Å². The maximum absolute atomic E-state index is 12.7. The second kappa shape index (κ2) is 9.32. The third kappa shape index (κ3) is 4.86. The summed E-state index contributed by atoms with van der Waals surface area (Å²) in [6, 6.07) is 17.1. The number of aryl methyl sites for hydroxylation is 2. The van der Waals surface area contributed by atoms with Crippen LogP contribution in [0.4, 0.5) is 5.00 Å². The van der Waals surface area contributed by atoms with Crippen molar-refractivity contribution in [1.82, 2.24) is 4.98 Å². The molecule has 0 radical (unpaired) electrons. The van der Waals surface area contributed by atoms with Crippen molar-refractivity contribution in [3.63, 3.8) is 0 Å². The second-order valence-electron chi connectivity index (χ2n) is 7.87. The van der Waals surface area contributed by atoms with E-state index in [1.54, 1.807) is 18.5 Å². The van der Waals surface area contributed by atoms with Crippen LogP contribution in [-0.4, -0.2) is 16.9 Å². The molecule has 1 amide bonds. The largest absolute Gasteiger partial charge is 0.457 e. The Morgan fingerprint density at radius 3 is 2.56 bits per heavy atom. The highest BCUT2D eigenvalue weighted by molar-refractivity contribution is 7.22.